The summed E-state index contributed by atoms with van der Waals surface area (Å²) in [4.78, 5) is 25.2. The lowest BCUT2D eigenvalue weighted by atomic mass is 9.91. The Morgan fingerprint density at radius 2 is 1.88 bits per heavy atom. The largest absolute Gasteiger partial charge is 0.379 e. The average Bonchev–Trinajstić information content (AvgIpc) is 3.48. The number of amides is 1. The number of aromatic nitrogens is 2. The van der Waals surface area contributed by atoms with Crippen molar-refractivity contribution in [2.45, 2.75) is 44.6 Å². The number of rotatable bonds is 4. The first-order chi connectivity index (χ1) is 15.9. The summed E-state index contributed by atoms with van der Waals surface area (Å²) in [5.41, 5.74) is 2.22. The van der Waals surface area contributed by atoms with Gasteiger partial charge in [0.05, 0.1) is 5.71 Å². The molecular weight excluding hydrogens is 423 g/mol. The zero-order valence-electron chi connectivity index (χ0n) is 18.6. The van der Waals surface area contributed by atoms with E-state index in [0.717, 1.165) is 18.4 Å². The summed E-state index contributed by atoms with van der Waals surface area (Å²) < 4.78 is 19.1. The monoisotopic (exact) mass is 448 g/mol. The Morgan fingerprint density at radius 3 is 2.61 bits per heavy atom. The summed E-state index contributed by atoms with van der Waals surface area (Å²) in [6.07, 6.45) is 1.77. The summed E-state index contributed by atoms with van der Waals surface area (Å²) >= 11 is 0. The van der Waals surface area contributed by atoms with Crippen molar-refractivity contribution in [3.8, 4) is 11.4 Å². The van der Waals surface area contributed by atoms with E-state index in [4.69, 9.17) is 9.36 Å². The molecule has 1 saturated heterocycles. The minimum absolute atomic E-state index is 0.108. The second kappa shape index (κ2) is 8.42. The van der Waals surface area contributed by atoms with Gasteiger partial charge in [-0.1, -0.05) is 52.3 Å². The Hall–Kier alpha value is -3.55. The number of hydrogen-bond donors (Lipinski definition) is 0. The minimum atomic E-state index is -1.09. The molecule has 0 aliphatic carbocycles. The maximum Gasteiger partial charge on any atom is 0.269 e. The van der Waals surface area contributed by atoms with E-state index in [0.29, 0.717) is 42.5 Å². The summed E-state index contributed by atoms with van der Waals surface area (Å²) in [7, 11) is 0. The highest BCUT2D eigenvalue weighted by atomic mass is 19.1. The third-order valence-electron chi connectivity index (χ3n) is 6.36. The van der Waals surface area contributed by atoms with E-state index < -0.39 is 5.60 Å². The molecule has 1 aromatic heterocycles. The number of piperidine rings is 1. The maximum atomic E-state index is 13.6. The number of aryl methyl sites for hydroxylation is 1. The smallest absolute Gasteiger partial charge is 0.269 e. The molecule has 2 aliphatic heterocycles. The van der Waals surface area contributed by atoms with E-state index >= 15 is 0 Å². The second-order valence-corrected chi connectivity index (χ2v) is 8.94. The van der Waals surface area contributed by atoms with Crippen LogP contribution in [0, 0.1) is 12.7 Å². The summed E-state index contributed by atoms with van der Waals surface area (Å²) in [5, 5.41) is 8.22. The van der Waals surface area contributed by atoms with Crippen LogP contribution >= 0.6 is 0 Å². The van der Waals surface area contributed by atoms with E-state index in [9.17, 15) is 9.18 Å². The zero-order chi connectivity index (χ0) is 23.0. The van der Waals surface area contributed by atoms with Crippen LogP contribution in [0.2, 0.25) is 0 Å². The van der Waals surface area contributed by atoms with Gasteiger partial charge in [-0.15, -0.1) is 0 Å². The van der Waals surface area contributed by atoms with E-state index in [-0.39, 0.29) is 17.6 Å². The Labute approximate surface area is 191 Å². The number of carbonyl (C=O) groups is 1. The Morgan fingerprint density at radius 1 is 1.12 bits per heavy atom. The summed E-state index contributed by atoms with van der Waals surface area (Å²) in [6.45, 7) is 4.91. The van der Waals surface area contributed by atoms with Crippen molar-refractivity contribution >= 4 is 11.6 Å². The van der Waals surface area contributed by atoms with Gasteiger partial charge in [0.25, 0.3) is 5.91 Å². The normalized spacial score (nSPS) is 21.1. The van der Waals surface area contributed by atoms with Crippen molar-refractivity contribution < 1.29 is 18.5 Å². The van der Waals surface area contributed by atoms with Crippen molar-refractivity contribution in [3.05, 3.63) is 71.4 Å². The molecule has 1 amide bonds. The van der Waals surface area contributed by atoms with Gasteiger partial charge in [-0.2, -0.15) is 4.98 Å². The van der Waals surface area contributed by atoms with Crippen molar-refractivity contribution in [1.29, 1.82) is 0 Å². The molecule has 2 aromatic carbocycles. The van der Waals surface area contributed by atoms with Gasteiger partial charge >= 0.3 is 0 Å². The third kappa shape index (κ3) is 4.25. The average molecular weight is 448 g/mol. The lowest BCUT2D eigenvalue weighted by Crippen LogP contribution is -2.49. The van der Waals surface area contributed by atoms with E-state index in [1.807, 2.05) is 31.2 Å². The van der Waals surface area contributed by atoms with Crippen LogP contribution in [0.1, 0.15) is 49.1 Å². The van der Waals surface area contributed by atoms with Crippen LogP contribution in [0.25, 0.3) is 11.4 Å². The molecule has 3 heterocycles. The van der Waals surface area contributed by atoms with Gasteiger partial charge < -0.3 is 14.3 Å². The number of likely N-dealkylation sites (tertiary alicyclic amines) is 1. The van der Waals surface area contributed by atoms with Crippen molar-refractivity contribution in [1.82, 2.24) is 15.0 Å². The molecule has 8 heteroatoms. The highest BCUT2D eigenvalue weighted by Crippen LogP contribution is 2.33. The van der Waals surface area contributed by atoms with E-state index in [1.54, 1.807) is 24.0 Å². The molecule has 1 unspecified atom stereocenters. The molecule has 3 aromatic rings. The molecule has 2 aliphatic rings. The van der Waals surface area contributed by atoms with Gasteiger partial charge in [0.1, 0.15) is 5.82 Å². The predicted octanol–water partition coefficient (Wildman–Crippen LogP) is 4.47. The standard InChI is InChI=1S/C25H25FN4O3/c1-16-6-8-17(9-7-16)22-27-23(32-29-22)18-10-12-30(13-11-18)24(31)25(2)15-21(28-33-25)19-4-3-5-20(26)14-19/h3-9,14,18H,10-13,15H2,1-2H3. The van der Waals surface area contributed by atoms with Gasteiger partial charge in [0.15, 0.2) is 0 Å². The minimum Gasteiger partial charge on any atom is -0.379 e. The fraction of sp³-hybridized carbons (Fsp3) is 0.360. The topological polar surface area (TPSA) is 80.8 Å². The molecule has 0 N–H and O–H groups in total. The van der Waals surface area contributed by atoms with Crippen molar-refractivity contribution in [3.63, 3.8) is 0 Å². The van der Waals surface area contributed by atoms with Crippen molar-refractivity contribution in [2.75, 3.05) is 13.1 Å². The summed E-state index contributed by atoms with van der Waals surface area (Å²) in [6, 6.07) is 14.2. The Balaban J connectivity index is 1.20. The quantitative estimate of drug-likeness (QED) is 0.588. The molecule has 0 spiro atoms. The third-order valence-corrected chi connectivity index (χ3v) is 6.36. The SMILES string of the molecule is Cc1ccc(-c2noc(C3CCN(C(=O)C4(C)CC(c5cccc(F)c5)=NO4)CC3)n2)cc1. The molecule has 1 fully saturated rings. The maximum absolute atomic E-state index is 13.6. The van der Waals surface area contributed by atoms with Gasteiger partial charge in [0.2, 0.25) is 17.3 Å². The second-order valence-electron chi connectivity index (χ2n) is 8.94. The van der Waals surface area contributed by atoms with Crippen LogP contribution in [-0.2, 0) is 9.63 Å². The number of oxime groups is 1. The van der Waals surface area contributed by atoms with Crippen LogP contribution < -0.4 is 0 Å². The molecule has 0 saturated carbocycles. The molecule has 0 radical (unpaired) electrons. The van der Waals surface area contributed by atoms with Crippen LogP contribution in [0.15, 0.2) is 58.2 Å². The van der Waals surface area contributed by atoms with Gasteiger partial charge in [-0.3, -0.25) is 4.79 Å². The molecule has 170 valence electrons. The van der Waals surface area contributed by atoms with E-state index in [1.165, 1.54) is 17.7 Å². The fourth-order valence-corrected chi connectivity index (χ4v) is 4.36. The highest BCUT2D eigenvalue weighted by molar-refractivity contribution is 6.05. The highest BCUT2D eigenvalue weighted by Gasteiger charge is 2.45. The van der Waals surface area contributed by atoms with E-state index in [2.05, 4.69) is 15.3 Å². The Kier molecular flexibility index (Phi) is 5.44. The molecule has 7 nitrogen and oxygen atoms in total. The lowest BCUT2D eigenvalue weighted by molar-refractivity contribution is -0.154. The predicted molar refractivity (Wildman–Crippen MR) is 120 cm³/mol. The molecule has 33 heavy (non-hydrogen) atoms. The number of halogens is 1. The van der Waals surface area contributed by atoms with Crippen LogP contribution in [-0.4, -0.2) is 45.3 Å². The van der Waals surface area contributed by atoms with Crippen LogP contribution in [0.5, 0.6) is 0 Å². The van der Waals surface area contributed by atoms with Gasteiger partial charge in [0, 0.05) is 36.6 Å². The summed E-state index contributed by atoms with van der Waals surface area (Å²) in [5.74, 6) is 0.845. The van der Waals surface area contributed by atoms with Crippen molar-refractivity contribution in [2.24, 2.45) is 5.16 Å². The number of benzene rings is 2. The lowest BCUT2D eigenvalue weighted by Gasteiger charge is -2.34. The number of hydrogen-bond acceptors (Lipinski definition) is 6. The first-order valence-corrected chi connectivity index (χ1v) is 11.1. The molecule has 0 bridgehead atoms. The fourth-order valence-electron chi connectivity index (χ4n) is 4.36. The number of nitrogens with zero attached hydrogens (tertiary/aromatic N) is 4. The van der Waals surface area contributed by atoms with Crippen LogP contribution in [0.3, 0.4) is 0 Å². The molecular formula is C25H25FN4O3. The first kappa shape index (κ1) is 21.3. The Bertz CT molecular complexity index is 1200. The van der Waals surface area contributed by atoms with Gasteiger partial charge in [-0.05, 0) is 38.8 Å². The van der Waals surface area contributed by atoms with Crippen LogP contribution in [0.4, 0.5) is 4.39 Å². The molecule has 1 atom stereocenters. The number of carbonyl (C=O) groups excluding carboxylic acids is 1. The van der Waals surface area contributed by atoms with Gasteiger partial charge in [-0.25, -0.2) is 4.39 Å². The zero-order valence-corrected chi connectivity index (χ0v) is 18.6. The first-order valence-electron chi connectivity index (χ1n) is 11.1. The molecule has 5 rings (SSSR count).